The molecule has 0 bridgehead atoms. The number of nitrogens with zero attached hydrogens (tertiary/aromatic N) is 4. The number of imidazole rings is 1. The molecule has 0 unspecified atom stereocenters. The van der Waals surface area contributed by atoms with Gasteiger partial charge in [0.25, 0.3) is 0 Å². The van der Waals surface area contributed by atoms with Crippen molar-refractivity contribution in [2.45, 2.75) is 0 Å². The van der Waals surface area contributed by atoms with Crippen LogP contribution in [0.15, 0.2) is 24.7 Å². The van der Waals surface area contributed by atoms with E-state index in [-0.39, 0.29) is 22.2 Å². The second kappa shape index (κ2) is 4.23. The lowest BCUT2D eigenvalue weighted by molar-refractivity contribution is 0.0696. The van der Waals surface area contributed by atoms with Crippen molar-refractivity contribution in [3.8, 4) is 11.9 Å². The molecule has 17 heavy (non-hydrogen) atoms. The molecule has 84 valence electrons. The molecule has 7 heteroatoms. The third-order valence-electron chi connectivity index (χ3n) is 2.04. The molecular formula is C10H5ClN4O2. The summed E-state index contributed by atoms with van der Waals surface area (Å²) in [4.78, 5) is 18.4. The van der Waals surface area contributed by atoms with Gasteiger partial charge >= 0.3 is 5.97 Å². The molecule has 0 aromatic carbocycles. The second-order valence-electron chi connectivity index (χ2n) is 3.07. The normalized spacial score (nSPS) is 9.88. The first-order valence-electron chi connectivity index (χ1n) is 4.46. The molecule has 2 aromatic heterocycles. The Hall–Kier alpha value is -2.39. The molecule has 2 rings (SSSR count). The minimum Gasteiger partial charge on any atom is -0.478 e. The molecule has 0 aliphatic rings. The van der Waals surface area contributed by atoms with E-state index >= 15 is 0 Å². The van der Waals surface area contributed by atoms with Crippen molar-refractivity contribution in [1.29, 1.82) is 5.26 Å². The Kier molecular flexibility index (Phi) is 2.77. The summed E-state index contributed by atoms with van der Waals surface area (Å²) in [7, 11) is 0. The maximum absolute atomic E-state index is 10.7. The van der Waals surface area contributed by atoms with Crippen LogP contribution in [0.3, 0.4) is 0 Å². The van der Waals surface area contributed by atoms with E-state index in [0.29, 0.717) is 0 Å². The Morgan fingerprint density at radius 3 is 2.88 bits per heavy atom. The number of carboxylic acids is 1. The largest absolute Gasteiger partial charge is 0.478 e. The highest BCUT2D eigenvalue weighted by molar-refractivity contribution is 6.32. The number of aromatic nitrogens is 3. The molecular weight excluding hydrogens is 244 g/mol. The first-order chi connectivity index (χ1) is 8.13. The van der Waals surface area contributed by atoms with E-state index in [0.717, 1.165) is 0 Å². The monoisotopic (exact) mass is 248 g/mol. The van der Waals surface area contributed by atoms with Gasteiger partial charge in [0.15, 0.2) is 5.82 Å². The molecule has 0 saturated carbocycles. The number of hydrogen-bond donors (Lipinski definition) is 1. The maximum Gasteiger partial charge on any atom is 0.337 e. The molecule has 1 N–H and O–H groups in total. The van der Waals surface area contributed by atoms with Crippen molar-refractivity contribution < 1.29 is 9.90 Å². The van der Waals surface area contributed by atoms with Gasteiger partial charge in [-0.05, 0) is 6.07 Å². The first kappa shape index (κ1) is 11.1. The van der Waals surface area contributed by atoms with Gasteiger partial charge in [0, 0.05) is 18.6 Å². The van der Waals surface area contributed by atoms with Crippen molar-refractivity contribution >= 4 is 17.6 Å². The molecule has 0 aliphatic heterocycles. The van der Waals surface area contributed by atoms with E-state index in [9.17, 15) is 4.79 Å². The van der Waals surface area contributed by atoms with Crippen LogP contribution in [0.4, 0.5) is 0 Å². The third-order valence-corrected chi connectivity index (χ3v) is 2.32. The average molecular weight is 249 g/mol. The average Bonchev–Trinajstić information content (AvgIpc) is 2.76. The Morgan fingerprint density at radius 1 is 1.53 bits per heavy atom. The summed E-state index contributed by atoms with van der Waals surface area (Å²) in [6, 6.07) is 3.15. The number of halogens is 1. The molecule has 0 saturated heterocycles. The molecule has 6 nitrogen and oxygen atoms in total. The highest BCUT2D eigenvalue weighted by Gasteiger charge is 2.12. The molecule has 0 amide bonds. The van der Waals surface area contributed by atoms with E-state index in [2.05, 4.69) is 9.97 Å². The first-order valence-corrected chi connectivity index (χ1v) is 4.84. The summed E-state index contributed by atoms with van der Waals surface area (Å²) in [5.74, 6) is -0.717. The van der Waals surface area contributed by atoms with Gasteiger partial charge in [0.2, 0.25) is 5.82 Å². The topological polar surface area (TPSA) is 91.8 Å². The lowest BCUT2D eigenvalue weighted by Crippen LogP contribution is -2.04. The Morgan fingerprint density at radius 2 is 2.29 bits per heavy atom. The van der Waals surface area contributed by atoms with Gasteiger partial charge in [0.1, 0.15) is 6.07 Å². The highest BCUT2D eigenvalue weighted by Crippen LogP contribution is 2.20. The third kappa shape index (κ3) is 1.96. The van der Waals surface area contributed by atoms with E-state index in [1.165, 1.54) is 29.2 Å². The summed E-state index contributed by atoms with van der Waals surface area (Å²) in [5.41, 5.74) is -0.0163. The lowest BCUT2D eigenvalue weighted by atomic mass is 10.3. The van der Waals surface area contributed by atoms with Crippen LogP contribution >= 0.6 is 11.6 Å². The van der Waals surface area contributed by atoms with Crippen molar-refractivity contribution in [3.63, 3.8) is 0 Å². The summed E-state index contributed by atoms with van der Waals surface area (Å²) >= 11 is 5.91. The molecule has 2 aromatic rings. The van der Waals surface area contributed by atoms with Gasteiger partial charge < -0.3 is 5.11 Å². The number of nitriles is 1. The zero-order valence-corrected chi connectivity index (χ0v) is 9.09. The fraction of sp³-hybridized carbons (Fsp3) is 0. The van der Waals surface area contributed by atoms with Crippen LogP contribution in [-0.4, -0.2) is 25.6 Å². The van der Waals surface area contributed by atoms with Gasteiger partial charge in [-0.15, -0.1) is 0 Å². The second-order valence-corrected chi connectivity index (χ2v) is 3.47. The van der Waals surface area contributed by atoms with Crippen LogP contribution in [0.25, 0.3) is 5.82 Å². The number of rotatable bonds is 2. The summed E-state index contributed by atoms with van der Waals surface area (Å²) < 4.78 is 1.38. The minimum atomic E-state index is -1.11. The van der Waals surface area contributed by atoms with E-state index in [1.54, 1.807) is 0 Å². The quantitative estimate of drug-likeness (QED) is 0.869. The molecule has 0 fully saturated rings. The van der Waals surface area contributed by atoms with E-state index in [4.69, 9.17) is 22.0 Å². The summed E-state index contributed by atoms with van der Waals surface area (Å²) in [5, 5.41) is 17.7. The molecule has 0 radical (unpaired) electrons. The van der Waals surface area contributed by atoms with Crippen molar-refractivity contribution in [2.24, 2.45) is 0 Å². The lowest BCUT2D eigenvalue weighted by Gasteiger charge is -2.05. The van der Waals surface area contributed by atoms with Crippen molar-refractivity contribution in [2.75, 3.05) is 0 Å². The van der Waals surface area contributed by atoms with Crippen LogP contribution in [-0.2, 0) is 0 Å². The van der Waals surface area contributed by atoms with Gasteiger partial charge in [-0.2, -0.15) is 5.26 Å². The van der Waals surface area contributed by atoms with E-state index < -0.39 is 5.97 Å². The predicted octanol–water partition coefficient (Wildman–Crippen LogP) is 1.49. The van der Waals surface area contributed by atoms with Crippen LogP contribution < -0.4 is 0 Å². The summed E-state index contributed by atoms with van der Waals surface area (Å²) in [6.07, 6.45) is 4.12. The fourth-order valence-corrected chi connectivity index (χ4v) is 1.54. The zero-order valence-electron chi connectivity index (χ0n) is 8.33. The van der Waals surface area contributed by atoms with Gasteiger partial charge in [-0.3, -0.25) is 4.57 Å². The Bertz CT molecular complexity index is 629. The number of hydrogen-bond acceptors (Lipinski definition) is 4. The fourth-order valence-electron chi connectivity index (χ4n) is 1.28. The number of carbonyl (C=O) groups is 1. The highest BCUT2D eigenvalue weighted by atomic mass is 35.5. The van der Waals surface area contributed by atoms with Gasteiger partial charge in [-0.25, -0.2) is 14.8 Å². The minimum absolute atomic E-state index is 0.0163. The van der Waals surface area contributed by atoms with Gasteiger partial charge in [0.05, 0.1) is 10.6 Å². The predicted molar refractivity (Wildman–Crippen MR) is 58.0 cm³/mol. The number of carboxylic acid groups (broad SMARTS) is 1. The van der Waals surface area contributed by atoms with Gasteiger partial charge in [-0.1, -0.05) is 11.6 Å². The van der Waals surface area contributed by atoms with Crippen molar-refractivity contribution in [1.82, 2.24) is 14.5 Å². The number of aromatic carboxylic acids is 1. The molecule has 0 spiro atoms. The van der Waals surface area contributed by atoms with Crippen LogP contribution in [0.1, 0.15) is 16.2 Å². The van der Waals surface area contributed by atoms with E-state index in [1.807, 2.05) is 6.07 Å². The Balaban J connectivity index is 2.55. The Labute approximate surface area is 101 Å². The summed E-state index contributed by atoms with van der Waals surface area (Å²) in [6.45, 7) is 0. The standard InChI is InChI=1S/C10H5ClN4O2/c11-7-3-6(10(16)17)5-14-9(7)15-2-1-13-8(15)4-12/h1-3,5H,(H,16,17). The van der Waals surface area contributed by atoms with Crippen LogP contribution in [0.5, 0.6) is 0 Å². The molecule has 0 atom stereocenters. The maximum atomic E-state index is 10.7. The number of pyridine rings is 1. The molecule has 0 aliphatic carbocycles. The van der Waals surface area contributed by atoms with Crippen LogP contribution in [0, 0.1) is 11.3 Å². The van der Waals surface area contributed by atoms with Crippen LogP contribution in [0.2, 0.25) is 5.02 Å². The zero-order chi connectivity index (χ0) is 12.4. The molecule has 2 heterocycles. The SMILES string of the molecule is N#Cc1nccn1-c1ncc(C(=O)O)cc1Cl. The smallest absolute Gasteiger partial charge is 0.337 e. The van der Waals surface area contributed by atoms with Crippen molar-refractivity contribution in [3.05, 3.63) is 41.1 Å².